The van der Waals surface area contributed by atoms with Crippen LogP contribution in [-0.4, -0.2) is 54.8 Å². The van der Waals surface area contributed by atoms with Crippen LogP contribution in [0.15, 0.2) is 28.8 Å². The molecule has 1 aliphatic heterocycles. The van der Waals surface area contributed by atoms with Crippen molar-refractivity contribution >= 4 is 11.8 Å². The number of nitrogens with one attached hydrogen (secondary N) is 2. The molecule has 1 fully saturated rings. The van der Waals surface area contributed by atoms with Gasteiger partial charge in [0.1, 0.15) is 17.3 Å². The Morgan fingerprint density at radius 2 is 2.09 bits per heavy atom. The Hall–Kier alpha value is -2.12. The SMILES string of the molecule is CNc1ccnc(NC[C@@H](c2ccc(C)o2)N2CCOCC2)n1. The van der Waals surface area contributed by atoms with E-state index in [1.54, 1.807) is 6.20 Å². The molecule has 1 atom stereocenters. The van der Waals surface area contributed by atoms with Gasteiger partial charge in [-0.3, -0.25) is 4.90 Å². The topological polar surface area (TPSA) is 75.5 Å². The van der Waals surface area contributed by atoms with Crippen LogP contribution in [0.1, 0.15) is 17.6 Å². The quantitative estimate of drug-likeness (QED) is 0.843. The van der Waals surface area contributed by atoms with Crippen LogP contribution < -0.4 is 10.6 Å². The Labute approximate surface area is 136 Å². The van der Waals surface area contributed by atoms with E-state index >= 15 is 0 Å². The highest BCUT2D eigenvalue weighted by molar-refractivity contribution is 5.39. The lowest BCUT2D eigenvalue weighted by molar-refractivity contribution is 0.0143. The van der Waals surface area contributed by atoms with Gasteiger partial charge in [-0.15, -0.1) is 0 Å². The van der Waals surface area contributed by atoms with Gasteiger partial charge in [0.25, 0.3) is 0 Å². The molecule has 23 heavy (non-hydrogen) atoms. The largest absolute Gasteiger partial charge is 0.465 e. The molecule has 3 heterocycles. The molecule has 124 valence electrons. The van der Waals surface area contributed by atoms with Crippen LogP contribution in [0.3, 0.4) is 0 Å². The second kappa shape index (κ2) is 7.43. The monoisotopic (exact) mass is 317 g/mol. The molecule has 0 aliphatic carbocycles. The lowest BCUT2D eigenvalue weighted by Gasteiger charge is -2.33. The maximum Gasteiger partial charge on any atom is 0.224 e. The third-order valence-corrected chi connectivity index (χ3v) is 3.94. The maximum absolute atomic E-state index is 5.86. The van der Waals surface area contributed by atoms with Crippen molar-refractivity contribution in [2.24, 2.45) is 0 Å². The average molecular weight is 317 g/mol. The molecule has 2 aromatic heterocycles. The van der Waals surface area contributed by atoms with Gasteiger partial charge >= 0.3 is 0 Å². The number of furan rings is 1. The van der Waals surface area contributed by atoms with Crippen LogP contribution in [-0.2, 0) is 4.74 Å². The van der Waals surface area contributed by atoms with E-state index in [9.17, 15) is 0 Å². The summed E-state index contributed by atoms with van der Waals surface area (Å²) < 4.78 is 11.3. The van der Waals surface area contributed by atoms with Crippen molar-refractivity contribution in [1.29, 1.82) is 0 Å². The van der Waals surface area contributed by atoms with Gasteiger partial charge in [0, 0.05) is 32.9 Å². The molecule has 0 aromatic carbocycles. The lowest BCUT2D eigenvalue weighted by Crippen LogP contribution is -2.41. The van der Waals surface area contributed by atoms with Gasteiger partial charge in [0.2, 0.25) is 5.95 Å². The first-order chi connectivity index (χ1) is 11.3. The second-order valence-corrected chi connectivity index (χ2v) is 5.51. The molecule has 2 aromatic rings. The minimum atomic E-state index is 0.134. The molecule has 1 saturated heterocycles. The number of hydrogen-bond acceptors (Lipinski definition) is 7. The summed E-state index contributed by atoms with van der Waals surface area (Å²) >= 11 is 0. The van der Waals surface area contributed by atoms with Crippen molar-refractivity contribution in [3.63, 3.8) is 0 Å². The summed E-state index contributed by atoms with van der Waals surface area (Å²) in [6.07, 6.45) is 1.74. The van der Waals surface area contributed by atoms with E-state index in [4.69, 9.17) is 9.15 Å². The van der Waals surface area contributed by atoms with E-state index in [0.717, 1.165) is 43.6 Å². The number of rotatable bonds is 6. The van der Waals surface area contributed by atoms with Gasteiger partial charge in [-0.1, -0.05) is 0 Å². The molecular weight excluding hydrogens is 294 g/mol. The summed E-state index contributed by atoms with van der Waals surface area (Å²) in [6, 6.07) is 6.01. The molecule has 0 bridgehead atoms. The van der Waals surface area contributed by atoms with Gasteiger partial charge in [-0.25, -0.2) is 4.98 Å². The third-order valence-electron chi connectivity index (χ3n) is 3.94. The molecule has 7 heteroatoms. The Balaban J connectivity index is 1.72. The molecule has 2 N–H and O–H groups in total. The Morgan fingerprint density at radius 1 is 1.26 bits per heavy atom. The van der Waals surface area contributed by atoms with Crippen molar-refractivity contribution < 1.29 is 9.15 Å². The van der Waals surface area contributed by atoms with E-state index < -0.39 is 0 Å². The molecule has 0 saturated carbocycles. The third kappa shape index (κ3) is 4.00. The molecule has 1 aliphatic rings. The smallest absolute Gasteiger partial charge is 0.224 e. The second-order valence-electron chi connectivity index (χ2n) is 5.51. The zero-order chi connectivity index (χ0) is 16.1. The van der Waals surface area contributed by atoms with Crippen LogP contribution >= 0.6 is 0 Å². The van der Waals surface area contributed by atoms with Crippen LogP contribution in [0.4, 0.5) is 11.8 Å². The highest BCUT2D eigenvalue weighted by atomic mass is 16.5. The first-order valence-electron chi connectivity index (χ1n) is 7.89. The van der Waals surface area contributed by atoms with Gasteiger partial charge in [0.05, 0.1) is 19.3 Å². The molecule has 0 unspecified atom stereocenters. The molecular formula is C16H23N5O2. The lowest BCUT2D eigenvalue weighted by atomic mass is 10.1. The highest BCUT2D eigenvalue weighted by Gasteiger charge is 2.25. The predicted octanol–water partition coefficient (Wildman–Crippen LogP) is 1.91. The predicted molar refractivity (Wildman–Crippen MR) is 88.6 cm³/mol. The van der Waals surface area contributed by atoms with Crippen molar-refractivity contribution in [2.45, 2.75) is 13.0 Å². The standard InChI is InChI=1S/C16H23N5O2/c1-12-3-4-14(23-12)13(21-7-9-22-10-8-21)11-19-16-18-6-5-15(17-2)20-16/h3-6,13H,7-11H2,1-2H3,(H2,17,18,19,20)/t13-/m0/s1. The Kier molecular flexibility index (Phi) is 5.09. The number of hydrogen-bond donors (Lipinski definition) is 2. The fourth-order valence-corrected chi connectivity index (χ4v) is 2.70. The Bertz CT molecular complexity index is 624. The van der Waals surface area contributed by atoms with Gasteiger partial charge in [-0.2, -0.15) is 4.98 Å². The molecule has 0 radical (unpaired) electrons. The number of ether oxygens (including phenoxy) is 1. The number of aryl methyl sites for hydroxylation is 1. The van der Waals surface area contributed by atoms with Crippen LogP contribution in [0.5, 0.6) is 0 Å². The minimum absolute atomic E-state index is 0.134. The van der Waals surface area contributed by atoms with E-state index in [-0.39, 0.29) is 6.04 Å². The van der Waals surface area contributed by atoms with Gasteiger partial charge < -0.3 is 19.8 Å². The van der Waals surface area contributed by atoms with E-state index in [2.05, 4.69) is 25.5 Å². The summed E-state index contributed by atoms with van der Waals surface area (Å²) in [5.41, 5.74) is 0. The Morgan fingerprint density at radius 3 is 2.78 bits per heavy atom. The van der Waals surface area contributed by atoms with E-state index in [1.165, 1.54) is 0 Å². The number of morpholine rings is 1. The molecule has 0 spiro atoms. The highest BCUT2D eigenvalue weighted by Crippen LogP contribution is 2.24. The van der Waals surface area contributed by atoms with Crippen molar-refractivity contribution in [1.82, 2.24) is 14.9 Å². The first kappa shape index (κ1) is 15.8. The van der Waals surface area contributed by atoms with Crippen LogP contribution in [0, 0.1) is 6.92 Å². The van der Waals surface area contributed by atoms with Crippen LogP contribution in [0.2, 0.25) is 0 Å². The average Bonchev–Trinajstić information content (AvgIpc) is 3.02. The van der Waals surface area contributed by atoms with Crippen molar-refractivity contribution in [3.8, 4) is 0 Å². The number of aromatic nitrogens is 2. The van der Waals surface area contributed by atoms with Crippen molar-refractivity contribution in [2.75, 3.05) is 50.5 Å². The van der Waals surface area contributed by atoms with E-state index in [1.807, 2.05) is 32.2 Å². The molecule has 0 amide bonds. The number of anilines is 2. The van der Waals surface area contributed by atoms with E-state index in [0.29, 0.717) is 12.5 Å². The summed E-state index contributed by atoms with van der Waals surface area (Å²) in [4.78, 5) is 11.0. The van der Waals surface area contributed by atoms with Gasteiger partial charge in [0.15, 0.2) is 0 Å². The summed E-state index contributed by atoms with van der Waals surface area (Å²) in [6.45, 7) is 5.93. The maximum atomic E-state index is 5.86. The molecule has 7 nitrogen and oxygen atoms in total. The zero-order valence-electron chi connectivity index (χ0n) is 13.6. The first-order valence-corrected chi connectivity index (χ1v) is 7.89. The summed E-state index contributed by atoms with van der Waals surface area (Å²) in [5, 5.41) is 6.34. The minimum Gasteiger partial charge on any atom is -0.465 e. The fraction of sp³-hybridized carbons (Fsp3) is 0.500. The summed E-state index contributed by atoms with van der Waals surface area (Å²) in [7, 11) is 1.84. The normalized spacial score (nSPS) is 17.0. The molecule has 3 rings (SSSR count). The fourth-order valence-electron chi connectivity index (χ4n) is 2.70. The van der Waals surface area contributed by atoms with Crippen LogP contribution in [0.25, 0.3) is 0 Å². The number of nitrogens with zero attached hydrogens (tertiary/aromatic N) is 3. The van der Waals surface area contributed by atoms with Gasteiger partial charge in [-0.05, 0) is 25.1 Å². The van der Waals surface area contributed by atoms with Crippen molar-refractivity contribution in [3.05, 3.63) is 35.9 Å². The zero-order valence-corrected chi connectivity index (χ0v) is 13.6. The summed E-state index contributed by atoms with van der Waals surface area (Å²) in [5.74, 6) is 3.28.